The molecule has 0 aliphatic rings. The molecule has 2 aromatic rings. The van der Waals surface area contributed by atoms with E-state index >= 15 is 0 Å². The highest BCUT2D eigenvalue weighted by atomic mass is 79.9. The number of aromatic nitrogens is 2. The molecule has 92 valence electrons. The molecule has 2 nitrogen and oxygen atoms in total. The van der Waals surface area contributed by atoms with E-state index < -0.39 is 0 Å². The normalized spacial score (nSPS) is 12.4. The lowest BCUT2D eigenvalue weighted by Gasteiger charge is -2.24. The fourth-order valence-corrected chi connectivity index (χ4v) is 2.47. The predicted octanol–water partition coefficient (Wildman–Crippen LogP) is 4.43. The number of fused-ring (bicyclic) bond motifs is 1. The van der Waals surface area contributed by atoms with Gasteiger partial charge in [-0.2, -0.15) is 0 Å². The van der Waals surface area contributed by atoms with Crippen molar-refractivity contribution in [2.45, 2.75) is 32.2 Å². The number of alkyl halides is 1. The average molecular weight is 320 g/mol. The summed E-state index contributed by atoms with van der Waals surface area (Å²) in [6.45, 7) is 6.21. The van der Waals surface area contributed by atoms with Crippen LogP contribution in [-0.2, 0) is 11.4 Å². The van der Waals surface area contributed by atoms with Crippen molar-refractivity contribution in [2.24, 2.45) is 0 Å². The molecule has 0 aliphatic heterocycles. The largest absolute Gasteiger partial charge is 0.322 e. The molecule has 0 N–H and O–H groups in total. The van der Waals surface area contributed by atoms with Crippen LogP contribution in [0.3, 0.4) is 0 Å². The van der Waals surface area contributed by atoms with Crippen molar-refractivity contribution in [3.05, 3.63) is 28.2 Å². The average Bonchev–Trinajstić information content (AvgIpc) is 2.56. The minimum absolute atomic E-state index is 0.143. The maximum absolute atomic E-state index is 13.5. The summed E-state index contributed by atoms with van der Waals surface area (Å²) in [5.74, 6) is 0.759. The smallest absolute Gasteiger partial charge is 0.139 e. The maximum Gasteiger partial charge on any atom is 0.139 e. The molecule has 1 heterocycles. The van der Waals surface area contributed by atoms with Gasteiger partial charge in [0.15, 0.2) is 0 Å². The van der Waals surface area contributed by atoms with Crippen molar-refractivity contribution < 1.29 is 4.39 Å². The standard InChI is InChI=1S/C12H13BrClFN2/c1-12(2,3)17-10-4-7(13)8(15)5-9(10)16-11(17)6-14/h4-5H,6H2,1-3H3. The van der Waals surface area contributed by atoms with Crippen LogP contribution in [0.2, 0.25) is 0 Å². The lowest BCUT2D eigenvalue weighted by molar-refractivity contribution is 0.398. The lowest BCUT2D eigenvalue weighted by Crippen LogP contribution is -2.23. The maximum atomic E-state index is 13.5. The van der Waals surface area contributed by atoms with Gasteiger partial charge in [-0.25, -0.2) is 9.37 Å². The molecule has 0 aliphatic carbocycles. The molecular formula is C12H13BrClFN2. The number of hydrogen-bond donors (Lipinski definition) is 0. The van der Waals surface area contributed by atoms with Crippen molar-refractivity contribution in [1.29, 1.82) is 0 Å². The molecule has 17 heavy (non-hydrogen) atoms. The number of rotatable bonds is 1. The third-order valence-electron chi connectivity index (χ3n) is 2.56. The molecule has 0 amide bonds. The van der Waals surface area contributed by atoms with Crippen LogP contribution in [0.1, 0.15) is 26.6 Å². The Hall–Kier alpha value is -0.610. The van der Waals surface area contributed by atoms with Gasteiger partial charge in [-0.1, -0.05) is 0 Å². The van der Waals surface area contributed by atoms with Gasteiger partial charge < -0.3 is 4.57 Å². The highest BCUT2D eigenvalue weighted by molar-refractivity contribution is 9.10. The van der Waals surface area contributed by atoms with E-state index in [1.807, 2.05) is 4.57 Å². The van der Waals surface area contributed by atoms with Crippen LogP contribution in [0.4, 0.5) is 4.39 Å². The molecule has 0 radical (unpaired) electrons. The quantitative estimate of drug-likeness (QED) is 0.711. The molecule has 5 heteroatoms. The highest BCUT2D eigenvalue weighted by Crippen LogP contribution is 2.29. The highest BCUT2D eigenvalue weighted by Gasteiger charge is 2.21. The first-order chi connectivity index (χ1) is 7.84. The Morgan fingerprint density at radius 3 is 2.59 bits per heavy atom. The summed E-state index contributed by atoms with van der Waals surface area (Å²) < 4.78 is 15.9. The Morgan fingerprint density at radius 2 is 2.06 bits per heavy atom. The van der Waals surface area contributed by atoms with Crippen LogP contribution in [0.5, 0.6) is 0 Å². The molecule has 0 atom stereocenters. The van der Waals surface area contributed by atoms with E-state index in [0.29, 0.717) is 15.9 Å². The summed E-state index contributed by atoms with van der Waals surface area (Å²) >= 11 is 9.10. The van der Waals surface area contributed by atoms with Crippen LogP contribution in [0, 0.1) is 5.82 Å². The van der Waals surface area contributed by atoms with Crippen molar-refractivity contribution >= 4 is 38.6 Å². The zero-order chi connectivity index (χ0) is 12.8. The predicted molar refractivity (Wildman–Crippen MR) is 71.9 cm³/mol. The van der Waals surface area contributed by atoms with Crippen LogP contribution >= 0.6 is 27.5 Å². The van der Waals surface area contributed by atoms with E-state index in [2.05, 4.69) is 41.7 Å². The van der Waals surface area contributed by atoms with E-state index in [-0.39, 0.29) is 11.4 Å². The Bertz CT molecular complexity index is 572. The summed E-state index contributed by atoms with van der Waals surface area (Å²) in [4.78, 5) is 4.37. The Morgan fingerprint density at radius 1 is 1.41 bits per heavy atom. The second-order valence-electron chi connectivity index (χ2n) is 4.92. The van der Waals surface area contributed by atoms with Crippen LogP contribution in [0.15, 0.2) is 16.6 Å². The zero-order valence-electron chi connectivity index (χ0n) is 9.89. The molecule has 0 spiro atoms. The molecule has 1 aromatic heterocycles. The summed E-state index contributed by atoms with van der Waals surface area (Å²) in [5, 5.41) is 0. The van der Waals surface area contributed by atoms with Gasteiger partial charge >= 0.3 is 0 Å². The van der Waals surface area contributed by atoms with Crippen LogP contribution in [-0.4, -0.2) is 9.55 Å². The minimum atomic E-state index is -0.308. The molecule has 0 bridgehead atoms. The first-order valence-electron chi connectivity index (χ1n) is 5.27. The second-order valence-corrected chi connectivity index (χ2v) is 6.04. The Balaban J connectivity index is 2.84. The number of hydrogen-bond acceptors (Lipinski definition) is 1. The van der Waals surface area contributed by atoms with Crippen molar-refractivity contribution in [1.82, 2.24) is 9.55 Å². The fraction of sp³-hybridized carbons (Fsp3) is 0.417. The van der Waals surface area contributed by atoms with E-state index in [1.165, 1.54) is 6.07 Å². The molecule has 1 aromatic carbocycles. The number of halogens is 3. The molecule has 0 saturated carbocycles. The van der Waals surface area contributed by atoms with Crippen molar-refractivity contribution in [2.75, 3.05) is 0 Å². The van der Waals surface area contributed by atoms with Gasteiger partial charge in [0.05, 0.1) is 21.4 Å². The summed E-state index contributed by atoms with van der Waals surface area (Å²) in [5.41, 5.74) is 1.38. The third-order valence-corrected chi connectivity index (χ3v) is 3.40. The SMILES string of the molecule is CC(C)(C)n1c(CCl)nc2cc(F)c(Br)cc21. The van der Waals surface area contributed by atoms with Gasteiger partial charge in [-0.05, 0) is 42.8 Å². The summed E-state index contributed by atoms with van der Waals surface area (Å²) in [6.07, 6.45) is 0. The van der Waals surface area contributed by atoms with Gasteiger partial charge in [0, 0.05) is 11.6 Å². The van der Waals surface area contributed by atoms with Gasteiger partial charge in [-0.15, -0.1) is 11.6 Å². The van der Waals surface area contributed by atoms with Crippen LogP contribution < -0.4 is 0 Å². The van der Waals surface area contributed by atoms with E-state index in [9.17, 15) is 4.39 Å². The Kier molecular flexibility index (Phi) is 3.21. The van der Waals surface area contributed by atoms with Crippen LogP contribution in [0.25, 0.3) is 11.0 Å². The second kappa shape index (κ2) is 4.25. The van der Waals surface area contributed by atoms with E-state index in [4.69, 9.17) is 11.6 Å². The minimum Gasteiger partial charge on any atom is -0.322 e. The zero-order valence-corrected chi connectivity index (χ0v) is 12.2. The summed E-state index contributed by atoms with van der Waals surface area (Å²) in [6, 6.07) is 3.18. The first kappa shape index (κ1) is 12.8. The topological polar surface area (TPSA) is 17.8 Å². The number of benzene rings is 1. The molecular weight excluding hydrogens is 307 g/mol. The van der Waals surface area contributed by atoms with Gasteiger partial charge in [0.2, 0.25) is 0 Å². The van der Waals surface area contributed by atoms with E-state index in [0.717, 1.165) is 11.3 Å². The van der Waals surface area contributed by atoms with Crippen molar-refractivity contribution in [3.8, 4) is 0 Å². The van der Waals surface area contributed by atoms with Crippen molar-refractivity contribution in [3.63, 3.8) is 0 Å². The van der Waals surface area contributed by atoms with Gasteiger partial charge in [0.25, 0.3) is 0 Å². The monoisotopic (exact) mass is 318 g/mol. The molecule has 0 saturated heterocycles. The van der Waals surface area contributed by atoms with Gasteiger partial charge in [0.1, 0.15) is 11.6 Å². The first-order valence-corrected chi connectivity index (χ1v) is 6.60. The lowest BCUT2D eigenvalue weighted by atomic mass is 10.1. The molecule has 0 unspecified atom stereocenters. The number of imidazole rings is 1. The number of nitrogens with zero attached hydrogens (tertiary/aromatic N) is 2. The molecule has 2 rings (SSSR count). The van der Waals surface area contributed by atoms with E-state index in [1.54, 1.807) is 6.07 Å². The fourth-order valence-electron chi connectivity index (χ4n) is 1.96. The Labute approximate surface area is 113 Å². The third kappa shape index (κ3) is 2.20. The molecule has 0 fully saturated rings. The van der Waals surface area contributed by atoms with Gasteiger partial charge in [-0.3, -0.25) is 0 Å². The summed E-state index contributed by atoms with van der Waals surface area (Å²) in [7, 11) is 0.